The molecule has 0 atom stereocenters. The lowest BCUT2D eigenvalue weighted by molar-refractivity contribution is 0.314. The second kappa shape index (κ2) is 5.54. The number of ether oxygens (including phenoxy) is 1. The zero-order valence-electron chi connectivity index (χ0n) is 6.87. The number of benzene rings is 1. The fourth-order valence-electron chi connectivity index (χ4n) is 0.877. The van der Waals surface area contributed by atoms with Crippen molar-refractivity contribution in [2.45, 2.75) is 0 Å². The summed E-state index contributed by atoms with van der Waals surface area (Å²) in [4.78, 5) is 9.68. The minimum atomic E-state index is 0.260. The maximum Gasteiger partial charge on any atom is 0.417 e. The van der Waals surface area contributed by atoms with Crippen LogP contribution >= 0.6 is 15.9 Å². The molecule has 67 valence electrons. The first-order valence-corrected chi connectivity index (χ1v) is 4.53. The molecule has 1 aromatic rings. The highest BCUT2D eigenvalue weighted by Crippen LogP contribution is 2.12. The van der Waals surface area contributed by atoms with Crippen molar-refractivity contribution in [3.05, 3.63) is 40.4 Å². The summed E-state index contributed by atoms with van der Waals surface area (Å²) in [6.45, 7) is 1.61. The Bertz CT molecular complexity index is 308. The van der Waals surface area contributed by atoms with Crippen LogP contribution in [0.1, 0.15) is 5.56 Å². The SMILES string of the molecule is O=[C]OCC=Cc1cccc(Br)c1. The predicted molar refractivity (Wildman–Crippen MR) is 54.8 cm³/mol. The molecule has 0 aliphatic rings. The van der Waals surface area contributed by atoms with Crippen LogP contribution in [-0.4, -0.2) is 13.1 Å². The summed E-state index contributed by atoms with van der Waals surface area (Å²) in [5.74, 6) is 0. The molecule has 1 rings (SSSR count). The van der Waals surface area contributed by atoms with Crippen LogP contribution in [-0.2, 0) is 9.53 Å². The quantitative estimate of drug-likeness (QED) is 0.756. The zero-order valence-corrected chi connectivity index (χ0v) is 8.45. The summed E-state index contributed by atoms with van der Waals surface area (Å²) < 4.78 is 5.41. The van der Waals surface area contributed by atoms with Crippen molar-refractivity contribution < 1.29 is 9.53 Å². The van der Waals surface area contributed by atoms with Gasteiger partial charge < -0.3 is 4.74 Å². The smallest absolute Gasteiger partial charge is 0.417 e. The summed E-state index contributed by atoms with van der Waals surface area (Å²) in [5, 5.41) is 0. The summed E-state index contributed by atoms with van der Waals surface area (Å²) in [6, 6.07) is 7.83. The third kappa shape index (κ3) is 3.90. The van der Waals surface area contributed by atoms with E-state index in [0.29, 0.717) is 0 Å². The van der Waals surface area contributed by atoms with Crippen molar-refractivity contribution >= 4 is 28.5 Å². The average molecular weight is 240 g/mol. The summed E-state index contributed by atoms with van der Waals surface area (Å²) in [6.07, 6.45) is 3.63. The van der Waals surface area contributed by atoms with Gasteiger partial charge in [0.25, 0.3) is 0 Å². The first kappa shape index (κ1) is 9.99. The molecule has 0 N–H and O–H groups in total. The Morgan fingerprint density at radius 3 is 3.08 bits per heavy atom. The van der Waals surface area contributed by atoms with Crippen molar-refractivity contribution in [1.29, 1.82) is 0 Å². The molecule has 0 aromatic heterocycles. The molecule has 0 unspecified atom stereocenters. The molecule has 0 aliphatic carbocycles. The molecule has 0 heterocycles. The third-order valence-corrected chi connectivity index (χ3v) is 1.89. The van der Waals surface area contributed by atoms with E-state index in [-0.39, 0.29) is 6.61 Å². The van der Waals surface area contributed by atoms with Crippen molar-refractivity contribution in [2.75, 3.05) is 6.61 Å². The van der Waals surface area contributed by atoms with Crippen LogP contribution in [0, 0.1) is 0 Å². The lowest BCUT2D eigenvalue weighted by Gasteiger charge is -1.93. The molecule has 0 aliphatic heterocycles. The van der Waals surface area contributed by atoms with Gasteiger partial charge in [-0.25, -0.2) is 4.79 Å². The van der Waals surface area contributed by atoms with E-state index in [1.54, 1.807) is 6.08 Å². The standard InChI is InChI=1S/C10H8BrO2/c11-10-5-1-3-9(7-10)4-2-6-13-8-12/h1-5,7H,6H2. The monoisotopic (exact) mass is 239 g/mol. The molecule has 2 nitrogen and oxygen atoms in total. The molecule has 0 fully saturated rings. The number of hydrogen-bond acceptors (Lipinski definition) is 2. The molecule has 0 saturated heterocycles. The molecule has 1 radical (unpaired) electrons. The largest absolute Gasteiger partial charge is 0.453 e. The van der Waals surface area contributed by atoms with Gasteiger partial charge in [0.2, 0.25) is 0 Å². The van der Waals surface area contributed by atoms with Gasteiger partial charge in [-0.1, -0.05) is 34.1 Å². The average Bonchev–Trinajstić information content (AvgIpc) is 2.13. The Kier molecular flexibility index (Phi) is 4.26. The first-order valence-electron chi connectivity index (χ1n) is 3.74. The van der Waals surface area contributed by atoms with Gasteiger partial charge in [-0.15, -0.1) is 0 Å². The Labute approximate surface area is 85.3 Å². The predicted octanol–water partition coefficient (Wildman–Crippen LogP) is 2.55. The van der Waals surface area contributed by atoms with Crippen LogP contribution in [0.4, 0.5) is 0 Å². The Balaban J connectivity index is 2.53. The van der Waals surface area contributed by atoms with Crippen LogP contribution in [0.25, 0.3) is 6.08 Å². The first-order chi connectivity index (χ1) is 6.33. The minimum absolute atomic E-state index is 0.260. The number of hydrogen-bond donors (Lipinski definition) is 0. The van der Waals surface area contributed by atoms with E-state index >= 15 is 0 Å². The topological polar surface area (TPSA) is 26.3 Å². The highest BCUT2D eigenvalue weighted by molar-refractivity contribution is 9.10. The summed E-state index contributed by atoms with van der Waals surface area (Å²) in [7, 11) is 0. The van der Waals surface area contributed by atoms with Crippen molar-refractivity contribution in [3.63, 3.8) is 0 Å². The number of carbonyl (C=O) groups excluding carboxylic acids is 1. The molecule has 13 heavy (non-hydrogen) atoms. The third-order valence-electron chi connectivity index (χ3n) is 1.40. The zero-order chi connectivity index (χ0) is 9.52. The second-order valence-electron chi connectivity index (χ2n) is 2.35. The van der Waals surface area contributed by atoms with E-state index < -0.39 is 0 Å². The van der Waals surface area contributed by atoms with Gasteiger partial charge >= 0.3 is 6.47 Å². The molecule has 3 heteroatoms. The van der Waals surface area contributed by atoms with Crippen LogP contribution in [0.15, 0.2) is 34.8 Å². The molecule has 0 spiro atoms. The van der Waals surface area contributed by atoms with Gasteiger partial charge in [-0.05, 0) is 23.8 Å². The molecular formula is C10H8BrO2. The Morgan fingerprint density at radius 1 is 1.54 bits per heavy atom. The highest BCUT2D eigenvalue weighted by Gasteiger charge is 1.87. The van der Waals surface area contributed by atoms with Crippen molar-refractivity contribution in [2.24, 2.45) is 0 Å². The maximum atomic E-state index is 9.68. The van der Waals surface area contributed by atoms with Crippen LogP contribution in [0.5, 0.6) is 0 Å². The van der Waals surface area contributed by atoms with E-state index in [9.17, 15) is 4.79 Å². The maximum absolute atomic E-state index is 9.68. The van der Waals surface area contributed by atoms with E-state index in [2.05, 4.69) is 20.7 Å². The molecule has 0 amide bonds. The van der Waals surface area contributed by atoms with Crippen LogP contribution in [0.3, 0.4) is 0 Å². The van der Waals surface area contributed by atoms with Gasteiger partial charge in [0.15, 0.2) is 0 Å². The Morgan fingerprint density at radius 2 is 2.38 bits per heavy atom. The fourth-order valence-corrected chi connectivity index (χ4v) is 1.29. The lowest BCUT2D eigenvalue weighted by Crippen LogP contribution is -1.85. The molecular weight excluding hydrogens is 232 g/mol. The van der Waals surface area contributed by atoms with Crippen LogP contribution < -0.4 is 0 Å². The lowest BCUT2D eigenvalue weighted by atomic mass is 10.2. The van der Waals surface area contributed by atoms with E-state index in [1.807, 2.05) is 30.3 Å². The van der Waals surface area contributed by atoms with Crippen LogP contribution in [0.2, 0.25) is 0 Å². The summed E-state index contributed by atoms with van der Waals surface area (Å²) >= 11 is 3.36. The van der Waals surface area contributed by atoms with E-state index in [0.717, 1.165) is 10.0 Å². The minimum Gasteiger partial charge on any atom is -0.453 e. The molecule has 0 bridgehead atoms. The van der Waals surface area contributed by atoms with Gasteiger partial charge in [-0.2, -0.15) is 0 Å². The van der Waals surface area contributed by atoms with Gasteiger partial charge in [0.1, 0.15) is 6.61 Å². The molecule has 0 saturated carbocycles. The van der Waals surface area contributed by atoms with Gasteiger partial charge in [0, 0.05) is 4.47 Å². The molecule has 1 aromatic carbocycles. The Hall–Kier alpha value is -1.09. The van der Waals surface area contributed by atoms with Crippen molar-refractivity contribution in [1.82, 2.24) is 0 Å². The summed E-state index contributed by atoms with van der Waals surface area (Å²) in [5.41, 5.74) is 1.06. The van der Waals surface area contributed by atoms with Gasteiger partial charge in [-0.3, -0.25) is 0 Å². The fraction of sp³-hybridized carbons (Fsp3) is 0.100. The van der Waals surface area contributed by atoms with Gasteiger partial charge in [0.05, 0.1) is 0 Å². The normalized spacial score (nSPS) is 10.2. The van der Waals surface area contributed by atoms with Crippen molar-refractivity contribution in [3.8, 4) is 0 Å². The number of rotatable bonds is 4. The second-order valence-corrected chi connectivity index (χ2v) is 3.27. The van der Waals surface area contributed by atoms with E-state index in [4.69, 9.17) is 0 Å². The van der Waals surface area contributed by atoms with E-state index in [1.165, 1.54) is 6.47 Å². The highest BCUT2D eigenvalue weighted by atomic mass is 79.9. The number of halogens is 1.